The highest BCUT2D eigenvalue weighted by Crippen LogP contribution is 2.23. The number of unbranched alkanes of at least 4 members (excludes halogenated alkanes) is 4. The van der Waals surface area contributed by atoms with E-state index in [-0.39, 0.29) is 5.91 Å². The van der Waals surface area contributed by atoms with E-state index in [0.29, 0.717) is 6.61 Å². The molecular formula is C15H23NO2. The van der Waals surface area contributed by atoms with Crippen LogP contribution < -0.4 is 10.1 Å². The second-order valence-electron chi connectivity index (χ2n) is 4.44. The van der Waals surface area contributed by atoms with Crippen molar-refractivity contribution in [2.75, 3.05) is 11.9 Å². The van der Waals surface area contributed by atoms with Gasteiger partial charge in [0, 0.05) is 6.92 Å². The molecule has 0 aromatic heterocycles. The van der Waals surface area contributed by atoms with Gasteiger partial charge < -0.3 is 10.1 Å². The van der Waals surface area contributed by atoms with Crippen LogP contribution in [0.4, 0.5) is 5.69 Å². The molecular weight excluding hydrogens is 226 g/mol. The van der Waals surface area contributed by atoms with Gasteiger partial charge in [0.15, 0.2) is 0 Å². The zero-order valence-electron chi connectivity index (χ0n) is 11.4. The van der Waals surface area contributed by atoms with Crippen molar-refractivity contribution in [1.29, 1.82) is 0 Å². The van der Waals surface area contributed by atoms with Gasteiger partial charge in [-0.25, -0.2) is 0 Å². The number of benzene rings is 1. The third-order valence-corrected chi connectivity index (χ3v) is 2.70. The van der Waals surface area contributed by atoms with Crippen molar-refractivity contribution in [3.05, 3.63) is 24.3 Å². The monoisotopic (exact) mass is 249 g/mol. The number of carbonyl (C=O) groups is 1. The Morgan fingerprint density at radius 1 is 1.17 bits per heavy atom. The normalized spacial score (nSPS) is 10.1. The SMILES string of the molecule is CCCCCCCOc1ccccc1NC(C)=O. The van der Waals surface area contributed by atoms with E-state index in [1.807, 2.05) is 24.3 Å². The highest BCUT2D eigenvalue weighted by molar-refractivity contribution is 5.90. The first-order chi connectivity index (χ1) is 8.74. The van der Waals surface area contributed by atoms with Gasteiger partial charge in [-0.05, 0) is 18.6 Å². The number of amides is 1. The van der Waals surface area contributed by atoms with Crippen LogP contribution in [0.2, 0.25) is 0 Å². The number of hydrogen-bond acceptors (Lipinski definition) is 2. The first kappa shape index (κ1) is 14.6. The van der Waals surface area contributed by atoms with Crippen LogP contribution in [0.5, 0.6) is 5.75 Å². The van der Waals surface area contributed by atoms with Crippen molar-refractivity contribution in [2.24, 2.45) is 0 Å². The van der Waals surface area contributed by atoms with E-state index in [1.165, 1.54) is 32.6 Å². The van der Waals surface area contributed by atoms with Gasteiger partial charge in [-0.2, -0.15) is 0 Å². The predicted octanol–water partition coefficient (Wildman–Crippen LogP) is 3.99. The smallest absolute Gasteiger partial charge is 0.221 e. The molecule has 3 nitrogen and oxygen atoms in total. The molecule has 100 valence electrons. The highest BCUT2D eigenvalue weighted by atomic mass is 16.5. The van der Waals surface area contributed by atoms with Crippen LogP contribution in [0.3, 0.4) is 0 Å². The molecule has 0 aliphatic carbocycles. The first-order valence-corrected chi connectivity index (χ1v) is 6.73. The summed E-state index contributed by atoms with van der Waals surface area (Å²) in [6.07, 6.45) is 6.09. The van der Waals surface area contributed by atoms with Crippen LogP contribution in [0.1, 0.15) is 46.0 Å². The summed E-state index contributed by atoms with van der Waals surface area (Å²) in [7, 11) is 0. The number of anilines is 1. The molecule has 3 heteroatoms. The summed E-state index contributed by atoms with van der Waals surface area (Å²) in [5.74, 6) is 0.678. The molecule has 0 saturated heterocycles. The summed E-state index contributed by atoms with van der Waals surface area (Å²) in [5, 5.41) is 2.77. The standard InChI is InChI=1S/C15H23NO2/c1-3-4-5-6-9-12-18-15-11-8-7-10-14(15)16-13(2)17/h7-8,10-11H,3-6,9,12H2,1-2H3,(H,16,17). The average Bonchev–Trinajstić information content (AvgIpc) is 2.35. The minimum atomic E-state index is -0.0750. The van der Waals surface area contributed by atoms with Crippen LogP contribution in [0, 0.1) is 0 Å². The van der Waals surface area contributed by atoms with Crippen LogP contribution in [0.15, 0.2) is 24.3 Å². The third-order valence-electron chi connectivity index (χ3n) is 2.70. The van der Waals surface area contributed by atoms with Crippen molar-refractivity contribution in [3.8, 4) is 5.75 Å². The molecule has 0 atom stereocenters. The molecule has 0 saturated carbocycles. The van der Waals surface area contributed by atoms with Crippen molar-refractivity contribution in [1.82, 2.24) is 0 Å². The number of carbonyl (C=O) groups excluding carboxylic acids is 1. The van der Waals surface area contributed by atoms with Gasteiger partial charge >= 0.3 is 0 Å². The van der Waals surface area contributed by atoms with Crippen molar-refractivity contribution >= 4 is 11.6 Å². The molecule has 0 radical (unpaired) electrons. The van der Waals surface area contributed by atoms with Crippen molar-refractivity contribution < 1.29 is 9.53 Å². The van der Waals surface area contributed by atoms with E-state index in [9.17, 15) is 4.79 Å². The van der Waals surface area contributed by atoms with E-state index >= 15 is 0 Å². The summed E-state index contributed by atoms with van der Waals surface area (Å²) in [4.78, 5) is 11.0. The van der Waals surface area contributed by atoms with E-state index in [2.05, 4.69) is 12.2 Å². The van der Waals surface area contributed by atoms with E-state index in [1.54, 1.807) is 0 Å². The van der Waals surface area contributed by atoms with Gasteiger partial charge in [-0.1, -0.05) is 44.7 Å². The number of nitrogens with one attached hydrogen (secondary N) is 1. The molecule has 0 spiro atoms. The third kappa shape index (κ3) is 5.71. The number of para-hydroxylation sites is 2. The number of ether oxygens (including phenoxy) is 1. The summed E-state index contributed by atoms with van der Waals surface area (Å²) >= 11 is 0. The molecule has 1 aromatic carbocycles. The Balaban J connectivity index is 2.34. The molecule has 1 amide bonds. The molecule has 0 fully saturated rings. The van der Waals surface area contributed by atoms with E-state index in [4.69, 9.17) is 4.74 Å². The van der Waals surface area contributed by atoms with Crippen molar-refractivity contribution in [2.45, 2.75) is 46.0 Å². The lowest BCUT2D eigenvalue weighted by Gasteiger charge is -2.11. The lowest BCUT2D eigenvalue weighted by atomic mass is 10.2. The zero-order valence-corrected chi connectivity index (χ0v) is 11.4. The molecule has 1 aromatic rings. The van der Waals surface area contributed by atoms with Gasteiger partial charge in [0.05, 0.1) is 12.3 Å². The Kier molecular flexibility index (Phi) is 6.92. The van der Waals surface area contributed by atoms with Crippen LogP contribution in [-0.4, -0.2) is 12.5 Å². The minimum Gasteiger partial charge on any atom is -0.491 e. The Morgan fingerprint density at radius 2 is 1.89 bits per heavy atom. The fourth-order valence-electron chi connectivity index (χ4n) is 1.77. The van der Waals surface area contributed by atoms with Gasteiger partial charge in [-0.15, -0.1) is 0 Å². The van der Waals surface area contributed by atoms with E-state index in [0.717, 1.165) is 17.9 Å². The first-order valence-electron chi connectivity index (χ1n) is 6.73. The Hall–Kier alpha value is -1.51. The second-order valence-corrected chi connectivity index (χ2v) is 4.44. The molecule has 1 N–H and O–H groups in total. The summed E-state index contributed by atoms with van der Waals surface area (Å²) in [5.41, 5.74) is 0.749. The number of rotatable bonds is 8. The Morgan fingerprint density at radius 3 is 2.61 bits per heavy atom. The maximum Gasteiger partial charge on any atom is 0.221 e. The quantitative estimate of drug-likeness (QED) is 0.707. The molecule has 18 heavy (non-hydrogen) atoms. The molecule has 0 bridgehead atoms. The highest BCUT2D eigenvalue weighted by Gasteiger charge is 2.03. The lowest BCUT2D eigenvalue weighted by molar-refractivity contribution is -0.114. The topological polar surface area (TPSA) is 38.3 Å². The summed E-state index contributed by atoms with van der Waals surface area (Å²) in [6, 6.07) is 7.54. The summed E-state index contributed by atoms with van der Waals surface area (Å²) in [6.45, 7) is 4.42. The van der Waals surface area contributed by atoms with Crippen LogP contribution in [0.25, 0.3) is 0 Å². The largest absolute Gasteiger partial charge is 0.491 e. The maximum atomic E-state index is 11.0. The van der Waals surface area contributed by atoms with Crippen molar-refractivity contribution in [3.63, 3.8) is 0 Å². The fraction of sp³-hybridized carbons (Fsp3) is 0.533. The summed E-state index contributed by atoms with van der Waals surface area (Å²) < 4.78 is 5.70. The predicted molar refractivity (Wildman–Crippen MR) is 75.0 cm³/mol. The molecule has 0 unspecified atom stereocenters. The Labute approximate surface area is 110 Å². The zero-order chi connectivity index (χ0) is 13.2. The van der Waals surface area contributed by atoms with Gasteiger partial charge in [0.2, 0.25) is 5.91 Å². The average molecular weight is 249 g/mol. The molecule has 1 rings (SSSR count). The molecule has 0 aliphatic heterocycles. The van der Waals surface area contributed by atoms with Crippen LogP contribution >= 0.6 is 0 Å². The minimum absolute atomic E-state index is 0.0750. The fourth-order valence-corrected chi connectivity index (χ4v) is 1.77. The molecule has 0 aliphatic rings. The second kappa shape index (κ2) is 8.56. The number of hydrogen-bond donors (Lipinski definition) is 1. The maximum absolute atomic E-state index is 11.0. The molecule has 0 heterocycles. The lowest BCUT2D eigenvalue weighted by Crippen LogP contribution is -2.08. The van der Waals surface area contributed by atoms with Gasteiger partial charge in [-0.3, -0.25) is 4.79 Å². The van der Waals surface area contributed by atoms with Gasteiger partial charge in [0.25, 0.3) is 0 Å². The van der Waals surface area contributed by atoms with E-state index < -0.39 is 0 Å². The Bertz CT molecular complexity index is 363. The van der Waals surface area contributed by atoms with Gasteiger partial charge in [0.1, 0.15) is 5.75 Å². The van der Waals surface area contributed by atoms with Crippen LogP contribution in [-0.2, 0) is 4.79 Å².